The van der Waals surface area contributed by atoms with Crippen LogP contribution in [0.1, 0.15) is 6.23 Å². The lowest BCUT2D eigenvalue weighted by Gasteiger charge is -2.59. The molecule has 1 spiro atoms. The molecule has 15 nitrogen and oxygen atoms in total. The minimum absolute atomic E-state index is 0.0347. The summed E-state index contributed by atoms with van der Waals surface area (Å²) in [6.45, 7) is 2.89. The summed E-state index contributed by atoms with van der Waals surface area (Å²) < 4.78 is 34.7. The molecule has 35 heavy (non-hydrogen) atoms. The van der Waals surface area contributed by atoms with Crippen molar-refractivity contribution in [2.45, 2.75) is 24.5 Å². The van der Waals surface area contributed by atoms with Crippen molar-refractivity contribution in [3.63, 3.8) is 0 Å². The first kappa shape index (κ1) is 25.4. The van der Waals surface area contributed by atoms with E-state index in [0.717, 1.165) is 26.2 Å². The van der Waals surface area contributed by atoms with Gasteiger partial charge >= 0.3 is 15.2 Å². The molecule has 18 heteroatoms. The third-order valence-corrected chi connectivity index (χ3v) is 9.98. The SMILES string of the molecule is CN1CC2(C1)CN(c1nc(Cl)nc3c1ncn3[C@@H]1O[C@H](COP(=O)(O)CP(=O)(O)O)C(O)[C@@H]1O)C2. The predicted octanol–water partition coefficient (Wildman–Crippen LogP) is -0.812. The van der Waals surface area contributed by atoms with Gasteiger partial charge in [-0.15, -0.1) is 0 Å². The Morgan fingerprint density at radius 1 is 1.17 bits per heavy atom. The number of nitrogens with zero attached hydrogens (tertiary/aromatic N) is 6. The molecule has 3 aliphatic rings. The number of aromatic nitrogens is 4. The number of hydrogen-bond donors (Lipinski definition) is 5. The summed E-state index contributed by atoms with van der Waals surface area (Å²) in [5.74, 6) is -0.835. The number of ether oxygens (including phenoxy) is 1. The molecule has 3 saturated heterocycles. The van der Waals surface area contributed by atoms with E-state index < -0.39 is 52.2 Å². The number of aliphatic hydroxyl groups excluding tert-OH is 2. The van der Waals surface area contributed by atoms with Crippen molar-refractivity contribution in [1.29, 1.82) is 0 Å². The third kappa shape index (κ3) is 4.88. The molecule has 2 aromatic heterocycles. The van der Waals surface area contributed by atoms with Crippen LogP contribution in [0.5, 0.6) is 0 Å². The lowest BCUT2D eigenvalue weighted by molar-refractivity contribution is -0.0483. The van der Waals surface area contributed by atoms with Crippen molar-refractivity contribution in [3.8, 4) is 0 Å². The average Bonchev–Trinajstić information content (AvgIpc) is 3.21. The summed E-state index contributed by atoms with van der Waals surface area (Å²) in [6.07, 6.45) is -4.12. The molecule has 0 aromatic carbocycles. The van der Waals surface area contributed by atoms with Crippen LogP contribution in [-0.4, -0.2) is 113 Å². The highest BCUT2D eigenvalue weighted by Crippen LogP contribution is 2.55. The van der Waals surface area contributed by atoms with E-state index in [0.29, 0.717) is 11.3 Å². The number of likely N-dealkylation sites (tertiary alicyclic amines) is 1. The van der Waals surface area contributed by atoms with Crippen molar-refractivity contribution in [2.75, 3.05) is 50.6 Å². The summed E-state index contributed by atoms with van der Waals surface area (Å²) in [6, 6.07) is 0. The zero-order chi connectivity index (χ0) is 25.3. The molecular weight excluding hydrogens is 530 g/mol. The van der Waals surface area contributed by atoms with Crippen LogP contribution >= 0.6 is 26.8 Å². The summed E-state index contributed by atoms with van der Waals surface area (Å²) >= 11 is 6.18. The van der Waals surface area contributed by atoms with Crippen molar-refractivity contribution in [2.24, 2.45) is 5.41 Å². The molecule has 2 aromatic rings. The van der Waals surface area contributed by atoms with Gasteiger partial charge in [-0.05, 0) is 18.6 Å². The van der Waals surface area contributed by atoms with Crippen molar-refractivity contribution < 1.29 is 43.3 Å². The first-order chi connectivity index (χ1) is 16.3. The van der Waals surface area contributed by atoms with Gasteiger partial charge in [0.15, 0.2) is 29.1 Å². The van der Waals surface area contributed by atoms with Crippen LogP contribution in [-0.2, 0) is 18.4 Å². The zero-order valence-corrected chi connectivity index (χ0v) is 21.0. The topological polar surface area (TPSA) is 204 Å². The summed E-state index contributed by atoms with van der Waals surface area (Å²) in [5.41, 5.74) is 0.928. The van der Waals surface area contributed by atoms with Crippen LogP contribution in [0.25, 0.3) is 11.2 Å². The normalized spacial score (nSPS) is 30.4. The van der Waals surface area contributed by atoms with Gasteiger partial charge in [-0.1, -0.05) is 0 Å². The maximum atomic E-state index is 11.9. The Labute approximate surface area is 204 Å². The average molecular weight is 555 g/mol. The lowest BCUT2D eigenvalue weighted by atomic mass is 9.73. The summed E-state index contributed by atoms with van der Waals surface area (Å²) in [4.78, 5) is 44.7. The molecule has 2 unspecified atom stereocenters. The standard InChI is InChI=1S/C17H25ClN6O9P2/c1-22-3-17(4-22)5-23(6-17)13-10-14(21-16(18)20-13)24(7-19-10)15-12(26)11(25)9(33-15)2-32-35(30,31)8-34(27,28)29/h7,9,11-12,15,25-26H,2-6,8H2,1H3,(H,30,31)(H2,27,28,29)/t9-,11?,12+,15-/m1/s1. The van der Waals surface area contributed by atoms with Crippen molar-refractivity contribution in [1.82, 2.24) is 24.4 Å². The van der Waals surface area contributed by atoms with Gasteiger partial charge in [0.2, 0.25) is 5.28 Å². The highest BCUT2D eigenvalue weighted by molar-refractivity contribution is 7.70. The van der Waals surface area contributed by atoms with E-state index in [-0.39, 0.29) is 16.3 Å². The fourth-order valence-corrected chi connectivity index (χ4v) is 7.78. The highest BCUT2D eigenvalue weighted by Gasteiger charge is 2.51. The molecule has 5 heterocycles. The van der Waals surface area contributed by atoms with E-state index in [1.54, 1.807) is 0 Å². The molecule has 0 radical (unpaired) electrons. The molecule has 3 aliphatic heterocycles. The molecule has 0 bridgehead atoms. The van der Waals surface area contributed by atoms with E-state index in [1.807, 2.05) is 0 Å². The molecule has 5 atom stereocenters. The second-order valence-corrected chi connectivity index (χ2v) is 13.8. The molecule has 5 N–H and O–H groups in total. The van der Waals surface area contributed by atoms with Gasteiger partial charge < -0.3 is 44.0 Å². The minimum Gasteiger partial charge on any atom is -0.387 e. The third-order valence-electron chi connectivity index (χ3n) is 6.35. The molecule has 194 valence electrons. The molecule has 0 saturated carbocycles. The Bertz CT molecular complexity index is 1230. The van der Waals surface area contributed by atoms with Crippen LogP contribution in [0.15, 0.2) is 6.33 Å². The second kappa shape index (κ2) is 8.67. The van der Waals surface area contributed by atoms with Crippen molar-refractivity contribution >= 4 is 43.8 Å². The number of hydrogen-bond acceptors (Lipinski definition) is 11. The Balaban J connectivity index is 1.33. The first-order valence-corrected chi connectivity index (χ1v) is 14.6. The van der Waals surface area contributed by atoms with E-state index in [1.165, 1.54) is 10.9 Å². The second-order valence-electron chi connectivity index (χ2n) is 9.45. The van der Waals surface area contributed by atoms with Crippen LogP contribution in [0.4, 0.5) is 5.82 Å². The summed E-state index contributed by atoms with van der Waals surface area (Å²) in [5, 5.41) is 21.0. The van der Waals surface area contributed by atoms with Gasteiger partial charge in [0.25, 0.3) is 0 Å². The largest absolute Gasteiger partial charge is 0.387 e. The zero-order valence-electron chi connectivity index (χ0n) is 18.5. The van der Waals surface area contributed by atoms with E-state index in [9.17, 15) is 24.2 Å². The van der Waals surface area contributed by atoms with Crippen molar-refractivity contribution in [3.05, 3.63) is 11.6 Å². The number of anilines is 1. The number of halogens is 1. The Morgan fingerprint density at radius 2 is 1.86 bits per heavy atom. The predicted molar refractivity (Wildman–Crippen MR) is 121 cm³/mol. The van der Waals surface area contributed by atoms with Gasteiger partial charge in [-0.3, -0.25) is 13.7 Å². The monoisotopic (exact) mass is 554 g/mol. The fraction of sp³-hybridized carbons (Fsp3) is 0.706. The number of fused-ring (bicyclic) bond motifs is 1. The summed E-state index contributed by atoms with van der Waals surface area (Å²) in [7, 11) is -7.42. The smallest absolute Gasteiger partial charge is 0.340 e. The molecule has 0 amide bonds. The van der Waals surface area contributed by atoms with Gasteiger partial charge in [0.1, 0.15) is 18.3 Å². The Morgan fingerprint density at radius 3 is 2.49 bits per heavy atom. The van der Waals surface area contributed by atoms with Gasteiger partial charge in [-0.25, -0.2) is 4.98 Å². The molecule has 3 fully saturated rings. The van der Waals surface area contributed by atoms with E-state index >= 15 is 0 Å². The molecule has 0 aliphatic carbocycles. The Kier molecular flexibility index (Phi) is 6.30. The van der Waals surface area contributed by atoms with Gasteiger partial charge in [0.05, 0.1) is 12.9 Å². The van der Waals surface area contributed by atoms with Gasteiger partial charge in [0, 0.05) is 31.6 Å². The lowest BCUT2D eigenvalue weighted by Crippen LogP contribution is -2.71. The number of aliphatic hydroxyl groups is 2. The highest BCUT2D eigenvalue weighted by atomic mass is 35.5. The maximum absolute atomic E-state index is 11.9. The van der Waals surface area contributed by atoms with Gasteiger partial charge in [-0.2, -0.15) is 9.97 Å². The van der Waals surface area contributed by atoms with Crippen LogP contribution in [0.2, 0.25) is 5.28 Å². The molecular formula is C17H25ClN6O9P2. The van der Waals surface area contributed by atoms with E-state index in [2.05, 4.69) is 31.8 Å². The maximum Gasteiger partial charge on any atom is 0.340 e. The number of imidazole rings is 1. The van der Waals surface area contributed by atoms with E-state index in [4.69, 9.17) is 30.6 Å². The quantitative estimate of drug-likeness (QED) is 0.210. The fourth-order valence-electron chi connectivity index (χ4n) is 5.05. The number of rotatable bonds is 7. The Hall–Kier alpha value is -1.22. The van der Waals surface area contributed by atoms with Crippen LogP contribution < -0.4 is 4.90 Å². The first-order valence-electron chi connectivity index (χ1n) is 10.6. The minimum atomic E-state index is -4.82. The van der Waals surface area contributed by atoms with Crippen LogP contribution in [0, 0.1) is 5.41 Å². The van der Waals surface area contributed by atoms with Crippen LogP contribution in [0.3, 0.4) is 0 Å². The molecule has 5 rings (SSSR count).